The lowest BCUT2D eigenvalue weighted by Crippen LogP contribution is -2.31. The van der Waals surface area contributed by atoms with Gasteiger partial charge in [0.25, 0.3) is 0 Å². The van der Waals surface area contributed by atoms with Crippen LogP contribution in [0.4, 0.5) is 0 Å². The number of hydrogen-bond acceptors (Lipinski definition) is 2. The summed E-state index contributed by atoms with van der Waals surface area (Å²) in [5.74, 6) is 0. The third kappa shape index (κ3) is 3.06. The van der Waals surface area contributed by atoms with E-state index in [2.05, 4.69) is 0 Å². The van der Waals surface area contributed by atoms with Gasteiger partial charge in [-0.25, -0.2) is 4.57 Å². The Kier molecular flexibility index (Phi) is 4.29. The Bertz CT molecular complexity index is 528. The molecule has 0 N–H and O–H groups in total. The Labute approximate surface area is 108 Å². The number of hydrogen-bond donors (Lipinski definition) is 0. The molecule has 0 aliphatic heterocycles. The highest BCUT2D eigenvalue weighted by Crippen LogP contribution is 2.44. The maximum absolute atomic E-state index is 12.9. The van der Waals surface area contributed by atoms with E-state index in [9.17, 15) is 4.57 Å². The molecule has 0 saturated heterocycles. The molecule has 1 heterocycles. The van der Waals surface area contributed by atoms with Gasteiger partial charge in [-0.05, 0) is 12.5 Å². The Morgan fingerprint density at radius 1 is 1.06 bits per heavy atom. The van der Waals surface area contributed by atoms with E-state index in [0.29, 0.717) is 12.8 Å². The first-order valence-electron chi connectivity index (χ1n) is 5.99. The lowest BCUT2D eigenvalue weighted by Gasteiger charge is -2.11. The van der Waals surface area contributed by atoms with Crippen LogP contribution in [0.15, 0.2) is 60.9 Å². The van der Waals surface area contributed by atoms with E-state index >= 15 is 0 Å². The van der Waals surface area contributed by atoms with E-state index < -0.39 is 7.52 Å². The van der Waals surface area contributed by atoms with E-state index in [1.165, 1.54) is 0 Å². The average molecular weight is 262 g/mol. The summed E-state index contributed by atoms with van der Waals surface area (Å²) in [5, 5.41) is 0. The fourth-order valence-corrected chi connectivity index (χ4v) is 3.83. The van der Waals surface area contributed by atoms with Crippen LogP contribution in [-0.4, -0.2) is 6.61 Å². The summed E-state index contributed by atoms with van der Waals surface area (Å²) in [6.07, 6.45) is 4.00. The average Bonchev–Trinajstić information content (AvgIpc) is 2.41. The van der Waals surface area contributed by atoms with Gasteiger partial charge < -0.3 is 0 Å². The number of rotatable bonds is 5. The molecule has 4 heteroatoms. The van der Waals surface area contributed by atoms with Crippen molar-refractivity contribution in [2.24, 2.45) is 0 Å². The molecule has 0 spiro atoms. The third-order valence-electron chi connectivity index (χ3n) is 2.61. The molecule has 1 aromatic carbocycles. The number of nitrogens with zero attached hydrogens (tertiary/aromatic N) is 1. The minimum absolute atomic E-state index is 0.413. The highest BCUT2D eigenvalue weighted by Gasteiger charge is 2.34. The van der Waals surface area contributed by atoms with Crippen LogP contribution in [-0.2, 0) is 15.3 Å². The molecule has 1 unspecified atom stereocenters. The minimum atomic E-state index is -2.88. The molecule has 0 aliphatic rings. The predicted octanol–water partition coefficient (Wildman–Crippen LogP) is 3.25. The molecule has 1 aromatic heterocycles. The number of pyridine rings is 1. The van der Waals surface area contributed by atoms with Gasteiger partial charge >= 0.3 is 7.52 Å². The summed E-state index contributed by atoms with van der Waals surface area (Å²) in [7, 11) is -2.88. The molecule has 1 atom stereocenters. The Balaban J connectivity index is 2.31. The van der Waals surface area contributed by atoms with Crippen LogP contribution in [0, 0.1) is 0 Å². The first-order valence-corrected chi connectivity index (χ1v) is 7.75. The maximum atomic E-state index is 12.9. The van der Waals surface area contributed by atoms with Crippen molar-refractivity contribution in [2.75, 3.05) is 6.61 Å². The molecule has 2 rings (SSSR count). The fraction of sp³-hybridized carbons (Fsp3) is 0.214. The van der Waals surface area contributed by atoms with Gasteiger partial charge in [0.1, 0.15) is 6.16 Å². The number of aromatic nitrogens is 1. The lowest BCUT2D eigenvalue weighted by molar-refractivity contribution is -0.530. The second kappa shape index (κ2) is 5.94. The normalized spacial score (nSPS) is 14.1. The van der Waals surface area contributed by atoms with Crippen molar-refractivity contribution < 1.29 is 13.4 Å². The maximum Gasteiger partial charge on any atom is 0.462 e. The molecule has 2 aromatic rings. The summed E-state index contributed by atoms with van der Waals surface area (Å²) < 4.78 is 20.1. The van der Waals surface area contributed by atoms with Gasteiger partial charge in [0, 0.05) is 12.1 Å². The first-order chi connectivity index (χ1) is 8.74. The van der Waals surface area contributed by atoms with Gasteiger partial charge in [-0.2, -0.15) is 0 Å². The highest BCUT2D eigenvalue weighted by atomic mass is 31.2. The zero-order valence-electron chi connectivity index (χ0n) is 10.4. The van der Waals surface area contributed by atoms with Crippen LogP contribution < -0.4 is 4.34 Å². The SMILES string of the molecule is CCOP(=O)(Cc1ccccc1)[n+]1ccccc1. The fourth-order valence-electron chi connectivity index (χ4n) is 1.80. The van der Waals surface area contributed by atoms with Crippen molar-refractivity contribution >= 4 is 7.52 Å². The quantitative estimate of drug-likeness (QED) is 0.774. The Hall–Kier alpha value is -1.44. The molecular formula is C14H17NO2P+. The van der Waals surface area contributed by atoms with Crippen LogP contribution in [0.2, 0.25) is 0 Å². The second-order valence-corrected chi connectivity index (χ2v) is 6.27. The molecule has 18 heavy (non-hydrogen) atoms. The summed E-state index contributed by atoms with van der Waals surface area (Å²) in [4.78, 5) is 0. The van der Waals surface area contributed by atoms with Crippen molar-refractivity contribution in [1.82, 2.24) is 0 Å². The lowest BCUT2D eigenvalue weighted by atomic mass is 10.2. The first kappa shape index (κ1) is 13.0. The summed E-state index contributed by atoms with van der Waals surface area (Å²) in [5.41, 5.74) is 1.02. The van der Waals surface area contributed by atoms with Crippen LogP contribution >= 0.6 is 7.52 Å². The van der Waals surface area contributed by atoms with Gasteiger partial charge in [0.05, 0.1) is 6.61 Å². The largest absolute Gasteiger partial charge is 0.462 e. The third-order valence-corrected chi connectivity index (χ3v) is 5.00. The van der Waals surface area contributed by atoms with E-state index in [1.807, 2.05) is 55.5 Å². The standard InChI is InChI=1S/C14H17NO2P/c1-2-17-18(16,15-11-7-4-8-12-15)13-14-9-5-3-6-10-14/h3-12H,2,13H2,1H3/q+1. The van der Waals surface area contributed by atoms with Crippen molar-refractivity contribution in [2.45, 2.75) is 13.1 Å². The van der Waals surface area contributed by atoms with E-state index in [-0.39, 0.29) is 0 Å². The minimum Gasteiger partial charge on any atom is -0.279 e. The predicted molar refractivity (Wildman–Crippen MR) is 71.4 cm³/mol. The van der Waals surface area contributed by atoms with E-state index in [1.54, 1.807) is 16.7 Å². The van der Waals surface area contributed by atoms with Gasteiger partial charge in [-0.3, -0.25) is 4.52 Å². The summed E-state index contributed by atoms with van der Waals surface area (Å²) in [6.45, 7) is 2.30. The molecule has 0 amide bonds. The van der Waals surface area contributed by atoms with Crippen molar-refractivity contribution in [3.63, 3.8) is 0 Å². The van der Waals surface area contributed by atoms with Crippen LogP contribution in [0.1, 0.15) is 12.5 Å². The molecule has 94 valence electrons. The van der Waals surface area contributed by atoms with Crippen molar-refractivity contribution in [1.29, 1.82) is 0 Å². The van der Waals surface area contributed by atoms with Crippen LogP contribution in [0.3, 0.4) is 0 Å². The van der Waals surface area contributed by atoms with Gasteiger partial charge in [-0.1, -0.05) is 36.4 Å². The molecule has 0 fully saturated rings. The van der Waals surface area contributed by atoms with Crippen molar-refractivity contribution in [3.8, 4) is 0 Å². The van der Waals surface area contributed by atoms with Gasteiger partial charge in [0.15, 0.2) is 12.4 Å². The van der Waals surface area contributed by atoms with Crippen LogP contribution in [0.5, 0.6) is 0 Å². The molecule has 0 radical (unpaired) electrons. The van der Waals surface area contributed by atoms with Crippen molar-refractivity contribution in [3.05, 3.63) is 66.5 Å². The molecule has 0 bridgehead atoms. The van der Waals surface area contributed by atoms with Gasteiger partial charge in [0.2, 0.25) is 0 Å². The highest BCUT2D eigenvalue weighted by molar-refractivity contribution is 7.51. The molecular weight excluding hydrogens is 245 g/mol. The topological polar surface area (TPSA) is 30.2 Å². The zero-order chi connectivity index (χ0) is 12.8. The van der Waals surface area contributed by atoms with E-state index in [0.717, 1.165) is 5.56 Å². The summed E-state index contributed by atoms with van der Waals surface area (Å²) in [6, 6.07) is 15.4. The Morgan fingerprint density at radius 3 is 2.28 bits per heavy atom. The zero-order valence-corrected chi connectivity index (χ0v) is 11.3. The monoisotopic (exact) mass is 262 g/mol. The summed E-state index contributed by atoms with van der Waals surface area (Å²) >= 11 is 0. The Morgan fingerprint density at radius 2 is 1.67 bits per heavy atom. The number of benzene rings is 1. The van der Waals surface area contributed by atoms with E-state index in [4.69, 9.17) is 4.52 Å². The van der Waals surface area contributed by atoms with Gasteiger partial charge in [-0.15, -0.1) is 4.34 Å². The second-order valence-electron chi connectivity index (χ2n) is 3.95. The molecule has 3 nitrogen and oxygen atoms in total. The smallest absolute Gasteiger partial charge is 0.279 e. The molecule has 0 saturated carbocycles. The molecule has 0 aliphatic carbocycles. The van der Waals surface area contributed by atoms with Crippen LogP contribution in [0.25, 0.3) is 0 Å².